The van der Waals surface area contributed by atoms with Crippen LogP contribution in [0.1, 0.15) is 5.56 Å². The molecule has 0 spiro atoms. The molecule has 0 radical (unpaired) electrons. The molecule has 0 amide bonds. The third-order valence-corrected chi connectivity index (χ3v) is 3.79. The molecule has 0 aliphatic heterocycles. The summed E-state index contributed by atoms with van der Waals surface area (Å²) in [4.78, 5) is 4.70. The Bertz CT molecular complexity index is 774. The summed E-state index contributed by atoms with van der Waals surface area (Å²) in [5.74, 6) is 0.898. The molecule has 0 fully saturated rings. The second-order valence-corrected chi connectivity index (χ2v) is 5.63. The maximum absolute atomic E-state index is 6.08. The van der Waals surface area contributed by atoms with Crippen molar-refractivity contribution in [3.05, 3.63) is 46.4 Å². The summed E-state index contributed by atoms with van der Waals surface area (Å²) in [5.41, 5.74) is 11.1. The molecular formula is C15H14BrN3. The quantitative estimate of drug-likeness (QED) is 0.692. The molecule has 3 nitrogen and oxygen atoms in total. The van der Waals surface area contributed by atoms with Gasteiger partial charge in [-0.1, -0.05) is 27.6 Å². The van der Waals surface area contributed by atoms with Crippen molar-refractivity contribution in [1.29, 1.82) is 0 Å². The van der Waals surface area contributed by atoms with Gasteiger partial charge in [0.25, 0.3) is 0 Å². The number of hydrogen-bond acceptors (Lipinski definition) is 2. The first-order valence-electron chi connectivity index (χ1n) is 6.05. The average molecular weight is 316 g/mol. The van der Waals surface area contributed by atoms with Gasteiger partial charge in [0.1, 0.15) is 5.82 Å². The van der Waals surface area contributed by atoms with Gasteiger partial charge in [-0.05, 0) is 37.3 Å². The number of nitrogen functional groups attached to an aromatic ring is 1. The monoisotopic (exact) mass is 315 g/mol. The number of aryl methyl sites for hydroxylation is 2. The van der Waals surface area contributed by atoms with Crippen LogP contribution in [-0.4, -0.2) is 9.55 Å². The van der Waals surface area contributed by atoms with Crippen molar-refractivity contribution in [3.63, 3.8) is 0 Å². The van der Waals surface area contributed by atoms with Gasteiger partial charge >= 0.3 is 0 Å². The summed E-state index contributed by atoms with van der Waals surface area (Å²) in [6.07, 6.45) is 0. The zero-order valence-corrected chi connectivity index (χ0v) is 12.4. The Balaban J connectivity index is 2.30. The van der Waals surface area contributed by atoms with Gasteiger partial charge in [0, 0.05) is 22.8 Å². The van der Waals surface area contributed by atoms with E-state index < -0.39 is 0 Å². The van der Waals surface area contributed by atoms with E-state index in [4.69, 9.17) is 10.7 Å². The fourth-order valence-corrected chi connectivity index (χ4v) is 2.63. The maximum atomic E-state index is 6.08. The van der Waals surface area contributed by atoms with Gasteiger partial charge in [0.2, 0.25) is 0 Å². The van der Waals surface area contributed by atoms with Crippen molar-refractivity contribution < 1.29 is 0 Å². The first kappa shape index (κ1) is 12.2. The van der Waals surface area contributed by atoms with Crippen molar-refractivity contribution >= 4 is 32.7 Å². The molecule has 0 aliphatic rings. The molecule has 0 unspecified atom stereocenters. The summed E-state index contributed by atoms with van der Waals surface area (Å²) in [6.45, 7) is 2.06. The number of fused-ring (bicyclic) bond motifs is 1. The highest BCUT2D eigenvalue weighted by Gasteiger charge is 2.12. The molecule has 1 heterocycles. The van der Waals surface area contributed by atoms with Crippen molar-refractivity contribution in [2.75, 3.05) is 5.73 Å². The highest BCUT2D eigenvalue weighted by molar-refractivity contribution is 9.10. The van der Waals surface area contributed by atoms with Crippen LogP contribution in [-0.2, 0) is 7.05 Å². The van der Waals surface area contributed by atoms with Crippen LogP contribution in [0.5, 0.6) is 0 Å². The lowest BCUT2D eigenvalue weighted by Crippen LogP contribution is -1.97. The highest BCUT2D eigenvalue weighted by Crippen LogP contribution is 2.29. The fourth-order valence-electron chi connectivity index (χ4n) is 2.28. The van der Waals surface area contributed by atoms with E-state index in [2.05, 4.69) is 39.6 Å². The van der Waals surface area contributed by atoms with Crippen molar-refractivity contribution in [3.8, 4) is 11.4 Å². The Morgan fingerprint density at radius 2 is 1.95 bits per heavy atom. The van der Waals surface area contributed by atoms with Crippen LogP contribution in [0.25, 0.3) is 22.4 Å². The zero-order valence-electron chi connectivity index (χ0n) is 10.8. The molecule has 0 saturated heterocycles. The Kier molecular flexibility index (Phi) is 2.82. The van der Waals surface area contributed by atoms with Crippen LogP contribution in [0.15, 0.2) is 40.9 Å². The Morgan fingerprint density at radius 3 is 2.74 bits per heavy atom. The lowest BCUT2D eigenvalue weighted by atomic mass is 10.1. The standard InChI is InChI=1S/C15H14BrN3/c1-9-3-5-12(17)11(7-9)15-18-13-8-10(16)4-6-14(13)19(15)2/h3-8H,17H2,1-2H3. The predicted molar refractivity (Wildman–Crippen MR) is 83.0 cm³/mol. The molecule has 0 atom stereocenters. The fraction of sp³-hybridized carbons (Fsp3) is 0.133. The van der Waals surface area contributed by atoms with Crippen LogP contribution in [0.4, 0.5) is 5.69 Å². The first-order chi connectivity index (χ1) is 9.06. The predicted octanol–water partition coefficient (Wildman–Crippen LogP) is 3.89. The van der Waals surface area contributed by atoms with Crippen LogP contribution in [0, 0.1) is 6.92 Å². The maximum Gasteiger partial charge on any atom is 0.142 e. The van der Waals surface area contributed by atoms with Gasteiger partial charge < -0.3 is 10.3 Å². The topological polar surface area (TPSA) is 43.8 Å². The average Bonchev–Trinajstić information content (AvgIpc) is 2.69. The number of hydrogen-bond donors (Lipinski definition) is 1. The second-order valence-electron chi connectivity index (χ2n) is 4.72. The number of nitrogens with two attached hydrogens (primary N) is 1. The van der Waals surface area contributed by atoms with Gasteiger partial charge in [0.05, 0.1) is 11.0 Å². The molecule has 3 rings (SSSR count). The van der Waals surface area contributed by atoms with Crippen LogP contribution >= 0.6 is 15.9 Å². The number of halogens is 1. The molecule has 4 heteroatoms. The lowest BCUT2D eigenvalue weighted by Gasteiger charge is -2.07. The summed E-state index contributed by atoms with van der Waals surface area (Å²) in [6, 6.07) is 12.1. The molecule has 0 saturated carbocycles. The minimum Gasteiger partial charge on any atom is -0.398 e. The van der Waals surface area contributed by atoms with Crippen LogP contribution < -0.4 is 5.73 Å². The van der Waals surface area contributed by atoms with Crippen molar-refractivity contribution in [1.82, 2.24) is 9.55 Å². The van der Waals surface area contributed by atoms with Crippen molar-refractivity contribution in [2.45, 2.75) is 6.92 Å². The van der Waals surface area contributed by atoms with E-state index >= 15 is 0 Å². The minimum atomic E-state index is 0.753. The molecule has 19 heavy (non-hydrogen) atoms. The van der Waals surface area contributed by atoms with E-state index in [0.717, 1.165) is 32.6 Å². The smallest absolute Gasteiger partial charge is 0.142 e. The summed E-state index contributed by atoms with van der Waals surface area (Å²) < 4.78 is 3.11. The Hall–Kier alpha value is -1.81. The second kappa shape index (κ2) is 4.38. The van der Waals surface area contributed by atoms with Crippen molar-refractivity contribution in [2.24, 2.45) is 7.05 Å². The highest BCUT2D eigenvalue weighted by atomic mass is 79.9. The number of aromatic nitrogens is 2. The lowest BCUT2D eigenvalue weighted by molar-refractivity contribution is 0.959. The Labute approximate surface area is 120 Å². The first-order valence-corrected chi connectivity index (χ1v) is 6.84. The minimum absolute atomic E-state index is 0.753. The number of anilines is 1. The molecule has 2 aromatic carbocycles. The molecule has 0 aliphatic carbocycles. The van der Waals surface area contributed by atoms with Gasteiger partial charge in [-0.25, -0.2) is 4.98 Å². The molecule has 2 N–H and O–H groups in total. The van der Waals surface area contributed by atoms with E-state index in [1.54, 1.807) is 0 Å². The third kappa shape index (κ3) is 2.02. The van der Waals surface area contributed by atoms with E-state index in [-0.39, 0.29) is 0 Å². The van der Waals surface area contributed by atoms with Gasteiger partial charge in [-0.3, -0.25) is 0 Å². The normalized spacial score (nSPS) is 11.1. The van der Waals surface area contributed by atoms with Crippen LogP contribution in [0.2, 0.25) is 0 Å². The summed E-state index contributed by atoms with van der Waals surface area (Å²) in [7, 11) is 2.01. The third-order valence-electron chi connectivity index (χ3n) is 3.29. The number of benzene rings is 2. The van der Waals surface area contributed by atoms with E-state index in [1.165, 1.54) is 5.56 Å². The summed E-state index contributed by atoms with van der Waals surface area (Å²) in [5, 5.41) is 0. The molecule has 1 aromatic heterocycles. The van der Waals surface area contributed by atoms with Gasteiger partial charge in [-0.15, -0.1) is 0 Å². The number of rotatable bonds is 1. The molecule has 3 aromatic rings. The largest absolute Gasteiger partial charge is 0.398 e. The molecule has 0 bridgehead atoms. The number of nitrogens with zero attached hydrogens (tertiary/aromatic N) is 2. The Morgan fingerprint density at radius 1 is 1.16 bits per heavy atom. The molecule has 96 valence electrons. The van der Waals surface area contributed by atoms with E-state index in [1.807, 2.05) is 31.3 Å². The zero-order chi connectivity index (χ0) is 13.6. The van der Waals surface area contributed by atoms with E-state index in [9.17, 15) is 0 Å². The number of imidazole rings is 1. The summed E-state index contributed by atoms with van der Waals surface area (Å²) >= 11 is 3.47. The van der Waals surface area contributed by atoms with Gasteiger partial charge in [-0.2, -0.15) is 0 Å². The van der Waals surface area contributed by atoms with Gasteiger partial charge in [0.15, 0.2) is 0 Å². The molecular weight excluding hydrogens is 302 g/mol. The van der Waals surface area contributed by atoms with E-state index in [0.29, 0.717) is 0 Å². The SMILES string of the molecule is Cc1ccc(N)c(-c2nc3cc(Br)ccc3n2C)c1. The van der Waals surface area contributed by atoms with Crippen LogP contribution in [0.3, 0.4) is 0 Å².